The van der Waals surface area contributed by atoms with Gasteiger partial charge in [-0.25, -0.2) is 4.99 Å². The van der Waals surface area contributed by atoms with Gasteiger partial charge in [-0.3, -0.25) is 9.69 Å². The SMILES string of the molecule is CCNC(=NCc1cccc(CN2CCCC2=O)c1)N1CCN(Cc2cccs2)CC1.I. The molecule has 4 rings (SSSR count). The smallest absolute Gasteiger partial charge is 0.222 e. The Morgan fingerprint density at radius 2 is 1.88 bits per heavy atom. The maximum atomic E-state index is 11.9. The van der Waals surface area contributed by atoms with E-state index in [9.17, 15) is 4.79 Å². The van der Waals surface area contributed by atoms with Crippen LogP contribution >= 0.6 is 35.3 Å². The third kappa shape index (κ3) is 6.92. The van der Waals surface area contributed by atoms with Crippen LogP contribution in [0.1, 0.15) is 35.8 Å². The van der Waals surface area contributed by atoms with E-state index in [0.29, 0.717) is 19.5 Å². The highest BCUT2D eigenvalue weighted by Crippen LogP contribution is 2.16. The molecule has 174 valence electrons. The molecule has 6 nitrogen and oxygen atoms in total. The average molecular weight is 568 g/mol. The van der Waals surface area contributed by atoms with Crippen molar-refractivity contribution in [2.24, 2.45) is 4.99 Å². The first-order valence-electron chi connectivity index (χ1n) is 11.3. The number of aliphatic imine (C=N–C) groups is 1. The van der Waals surface area contributed by atoms with Crippen LogP contribution in [0.25, 0.3) is 0 Å². The minimum absolute atomic E-state index is 0. The summed E-state index contributed by atoms with van der Waals surface area (Å²) in [4.78, 5) is 25.1. The van der Waals surface area contributed by atoms with Gasteiger partial charge >= 0.3 is 0 Å². The van der Waals surface area contributed by atoms with Gasteiger partial charge in [0.1, 0.15) is 0 Å². The summed E-state index contributed by atoms with van der Waals surface area (Å²) in [5.41, 5.74) is 2.38. The number of halogens is 1. The minimum Gasteiger partial charge on any atom is -0.357 e. The van der Waals surface area contributed by atoms with Gasteiger partial charge in [-0.15, -0.1) is 35.3 Å². The summed E-state index contributed by atoms with van der Waals surface area (Å²) in [5, 5.41) is 5.62. The van der Waals surface area contributed by atoms with Crippen LogP contribution in [-0.4, -0.2) is 65.8 Å². The minimum atomic E-state index is 0. The molecule has 1 aromatic carbocycles. The Balaban J connectivity index is 0.00000289. The lowest BCUT2D eigenvalue weighted by atomic mass is 10.1. The van der Waals surface area contributed by atoms with Crippen LogP contribution < -0.4 is 5.32 Å². The molecule has 3 heterocycles. The Bertz CT molecular complexity index is 880. The third-order valence-electron chi connectivity index (χ3n) is 5.91. The van der Waals surface area contributed by atoms with Crippen LogP contribution in [0, 0.1) is 0 Å². The van der Waals surface area contributed by atoms with E-state index in [2.05, 4.69) is 63.8 Å². The van der Waals surface area contributed by atoms with E-state index in [1.165, 1.54) is 16.0 Å². The Morgan fingerprint density at radius 3 is 2.56 bits per heavy atom. The number of carbonyl (C=O) groups is 1. The number of rotatable bonds is 7. The molecule has 1 aromatic heterocycles. The lowest BCUT2D eigenvalue weighted by Gasteiger charge is -2.36. The van der Waals surface area contributed by atoms with Crippen LogP contribution in [0.15, 0.2) is 46.8 Å². The molecule has 1 N–H and O–H groups in total. The number of amides is 1. The molecule has 8 heteroatoms. The molecule has 0 unspecified atom stereocenters. The summed E-state index contributed by atoms with van der Waals surface area (Å²) in [6.07, 6.45) is 1.67. The van der Waals surface area contributed by atoms with Gasteiger partial charge in [-0.05, 0) is 35.9 Å². The van der Waals surface area contributed by atoms with Crippen LogP contribution in [0.4, 0.5) is 0 Å². The summed E-state index contributed by atoms with van der Waals surface area (Å²) in [6, 6.07) is 12.9. The standard InChI is InChI=1S/C24H33N5OS.HI/c1-2-25-24(28-13-11-27(12-14-28)19-22-8-5-15-31-22)26-17-20-6-3-7-21(16-20)18-29-10-4-9-23(29)30;/h3,5-8,15-16H,2,4,9-14,17-19H2,1H3,(H,25,26);1H. The first-order valence-corrected chi connectivity index (χ1v) is 12.2. The monoisotopic (exact) mass is 567 g/mol. The number of hydrogen-bond donors (Lipinski definition) is 1. The molecular formula is C24H34IN5OS. The number of thiophene rings is 1. The van der Waals surface area contributed by atoms with Gasteiger partial charge < -0.3 is 15.1 Å². The Morgan fingerprint density at radius 1 is 1.06 bits per heavy atom. The zero-order valence-electron chi connectivity index (χ0n) is 18.8. The molecule has 0 atom stereocenters. The van der Waals surface area contributed by atoms with E-state index in [4.69, 9.17) is 4.99 Å². The summed E-state index contributed by atoms with van der Waals surface area (Å²) in [6.45, 7) is 10.4. The van der Waals surface area contributed by atoms with Gasteiger partial charge in [-0.2, -0.15) is 0 Å². The van der Waals surface area contributed by atoms with Crippen molar-refractivity contribution in [3.8, 4) is 0 Å². The summed E-state index contributed by atoms with van der Waals surface area (Å²) < 4.78 is 0. The van der Waals surface area contributed by atoms with Crippen molar-refractivity contribution in [2.45, 2.75) is 39.4 Å². The van der Waals surface area contributed by atoms with Crippen molar-refractivity contribution in [1.29, 1.82) is 0 Å². The molecule has 0 spiro atoms. The molecule has 32 heavy (non-hydrogen) atoms. The van der Waals surface area contributed by atoms with Crippen molar-refractivity contribution >= 4 is 47.2 Å². The predicted octanol–water partition coefficient (Wildman–Crippen LogP) is 3.77. The highest BCUT2D eigenvalue weighted by atomic mass is 127. The Hall–Kier alpha value is -1.65. The number of carbonyl (C=O) groups excluding carboxylic acids is 1. The number of hydrogen-bond acceptors (Lipinski definition) is 4. The lowest BCUT2D eigenvalue weighted by molar-refractivity contribution is -0.128. The average Bonchev–Trinajstić information content (AvgIpc) is 3.44. The van der Waals surface area contributed by atoms with E-state index >= 15 is 0 Å². The molecule has 2 saturated heterocycles. The second-order valence-corrected chi connectivity index (χ2v) is 9.28. The van der Waals surface area contributed by atoms with E-state index in [-0.39, 0.29) is 29.9 Å². The van der Waals surface area contributed by atoms with Crippen molar-refractivity contribution in [3.05, 3.63) is 57.8 Å². The Kier molecular flexibility index (Phi) is 9.80. The van der Waals surface area contributed by atoms with Crippen LogP contribution in [-0.2, 0) is 24.4 Å². The molecule has 2 aliphatic rings. The number of piperazine rings is 1. The van der Waals surface area contributed by atoms with E-state index in [1.807, 2.05) is 16.2 Å². The van der Waals surface area contributed by atoms with Crippen LogP contribution in [0.3, 0.4) is 0 Å². The van der Waals surface area contributed by atoms with Gasteiger partial charge in [0.15, 0.2) is 5.96 Å². The van der Waals surface area contributed by atoms with E-state index in [0.717, 1.165) is 58.2 Å². The number of nitrogens with zero attached hydrogens (tertiary/aromatic N) is 4. The fraction of sp³-hybridized carbons (Fsp3) is 0.500. The summed E-state index contributed by atoms with van der Waals surface area (Å²) in [7, 11) is 0. The van der Waals surface area contributed by atoms with Crippen LogP contribution in [0.5, 0.6) is 0 Å². The number of guanidine groups is 1. The predicted molar refractivity (Wildman–Crippen MR) is 142 cm³/mol. The summed E-state index contributed by atoms with van der Waals surface area (Å²) >= 11 is 1.84. The number of likely N-dealkylation sites (tertiary alicyclic amines) is 1. The molecule has 2 fully saturated rings. The zero-order chi connectivity index (χ0) is 21.5. The van der Waals surface area contributed by atoms with Gasteiger partial charge in [0.2, 0.25) is 5.91 Å². The zero-order valence-corrected chi connectivity index (χ0v) is 22.0. The first-order chi connectivity index (χ1) is 15.2. The molecule has 1 amide bonds. The van der Waals surface area contributed by atoms with Crippen molar-refractivity contribution in [1.82, 2.24) is 20.0 Å². The van der Waals surface area contributed by atoms with Crippen molar-refractivity contribution in [2.75, 3.05) is 39.3 Å². The highest BCUT2D eigenvalue weighted by molar-refractivity contribution is 14.0. The third-order valence-corrected chi connectivity index (χ3v) is 6.78. The maximum absolute atomic E-state index is 11.9. The number of benzene rings is 1. The molecule has 2 aromatic rings. The fourth-order valence-electron chi connectivity index (χ4n) is 4.25. The summed E-state index contributed by atoms with van der Waals surface area (Å²) in [5.74, 6) is 1.27. The molecule has 0 bridgehead atoms. The quantitative estimate of drug-likeness (QED) is 0.315. The molecule has 0 saturated carbocycles. The second-order valence-electron chi connectivity index (χ2n) is 8.25. The lowest BCUT2D eigenvalue weighted by Crippen LogP contribution is -2.52. The molecule has 0 aliphatic carbocycles. The second kappa shape index (κ2) is 12.6. The Labute approximate surface area is 212 Å². The van der Waals surface area contributed by atoms with E-state index < -0.39 is 0 Å². The maximum Gasteiger partial charge on any atom is 0.222 e. The largest absolute Gasteiger partial charge is 0.357 e. The molecular weight excluding hydrogens is 533 g/mol. The van der Waals surface area contributed by atoms with Crippen LogP contribution in [0.2, 0.25) is 0 Å². The van der Waals surface area contributed by atoms with Gasteiger partial charge in [-0.1, -0.05) is 30.3 Å². The first kappa shape index (κ1) is 25.0. The molecule has 0 radical (unpaired) electrons. The normalized spacial score (nSPS) is 17.5. The van der Waals surface area contributed by atoms with E-state index in [1.54, 1.807) is 0 Å². The van der Waals surface area contributed by atoms with Crippen molar-refractivity contribution < 1.29 is 4.79 Å². The topological polar surface area (TPSA) is 51.2 Å². The highest BCUT2D eigenvalue weighted by Gasteiger charge is 2.21. The molecule has 2 aliphatic heterocycles. The van der Waals surface area contributed by atoms with Gasteiger partial charge in [0.05, 0.1) is 6.54 Å². The number of nitrogens with one attached hydrogen (secondary N) is 1. The van der Waals surface area contributed by atoms with Crippen molar-refractivity contribution in [3.63, 3.8) is 0 Å². The van der Waals surface area contributed by atoms with Gasteiger partial charge in [0.25, 0.3) is 0 Å². The van der Waals surface area contributed by atoms with Gasteiger partial charge in [0, 0.05) is 63.7 Å². The fourth-order valence-corrected chi connectivity index (χ4v) is 5.00.